The van der Waals surface area contributed by atoms with Gasteiger partial charge in [0.15, 0.2) is 0 Å². The number of benzene rings is 1. The molecule has 3 nitrogen and oxygen atoms in total. The van der Waals surface area contributed by atoms with Crippen molar-refractivity contribution in [1.82, 2.24) is 10.3 Å². The summed E-state index contributed by atoms with van der Waals surface area (Å²) in [6.07, 6.45) is 0. The van der Waals surface area contributed by atoms with E-state index in [1.165, 1.54) is 12.1 Å². The molecule has 3 rings (SSSR count). The predicted octanol–water partition coefficient (Wildman–Crippen LogP) is 3.65. The number of hydrogen-bond donors (Lipinski definition) is 1. The number of thiazole rings is 1. The summed E-state index contributed by atoms with van der Waals surface area (Å²) in [7, 11) is 1.87. The van der Waals surface area contributed by atoms with Gasteiger partial charge < -0.3 is 9.73 Å². The molecule has 98 valence electrons. The average molecular weight is 276 g/mol. The van der Waals surface area contributed by atoms with Crippen LogP contribution in [0, 0.1) is 12.7 Å². The van der Waals surface area contributed by atoms with Gasteiger partial charge in [-0.2, -0.15) is 0 Å². The first kappa shape index (κ1) is 12.3. The van der Waals surface area contributed by atoms with Crippen LogP contribution in [0.15, 0.2) is 34.2 Å². The van der Waals surface area contributed by atoms with Gasteiger partial charge in [0.05, 0.1) is 16.1 Å². The highest BCUT2D eigenvalue weighted by Crippen LogP contribution is 2.31. The van der Waals surface area contributed by atoms with Crippen LogP contribution in [0.5, 0.6) is 0 Å². The van der Waals surface area contributed by atoms with E-state index in [0.29, 0.717) is 5.58 Å². The van der Waals surface area contributed by atoms with Crippen molar-refractivity contribution in [3.8, 4) is 0 Å². The van der Waals surface area contributed by atoms with E-state index in [2.05, 4.69) is 10.3 Å². The molecule has 0 bridgehead atoms. The lowest BCUT2D eigenvalue weighted by molar-refractivity contribution is 0.493. The van der Waals surface area contributed by atoms with E-state index in [9.17, 15) is 4.39 Å². The van der Waals surface area contributed by atoms with Crippen LogP contribution >= 0.6 is 11.3 Å². The summed E-state index contributed by atoms with van der Waals surface area (Å²) in [6, 6.07) is 6.36. The summed E-state index contributed by atoms with van der Waals surface area (Å²) in [5, 5.41) is 4.00. The van der Waals surface area contributed by atoms with E-state index in [1.54, 1.807) is 17.4 Å². The van der Waals surface area contributed by atoms with E-state index in [-0.39, 0.29) is 11.9 Å². The molecule has 5 heteroatoms. The normalized spacial score (nSPS) is 13.0. The number of nitrogens with one attached hydrogen (secondary N) is 1. The SMILES string of the molecule is CNC(c1cc2cc(F)ccc2o1)c1scnc1C. The molecule has 1 atom stereocenters. The van der Waals surface area contributed by atoms with Crippen LogP contribution in [-0.2, 0) is 0 Å². The third-order valence-corrected chi connectivity index (χ3v) is 4.11. The lowest BCUT2D eigenvalue weighted by atomic mass is 10.1. The van der Waals surface area contributed by atoms with Gasteiger partial charge in [-0.25, -0.2) is 9.37 Å². The van der Waals surface area contributed by atoms with Gasteiger partial charge in [-0.05, 0) is 38.2 Å². The Kier molecular flexibility index (Phi) is 3.08. The molecule has 0 aliphatic rings. The summed E-state index contributed by atoms with van der Waals surface area (Å²) in [6.45, 7) is 1.97. The van der Waals surface area contributed by atoms with Crippen molar-refractivity contribution in [2.75, 3.05) is 7.05 Å². The summed E-state index contributed by atoms with van der Waals surface area (Å²) >= 11 is 1.58. The Morgan fingerprint density at radius 3 is 2.89 bits per heavy atom. The predicted molar refractivity (Wildman–Crippen MR) is 73.9 cm³/mol. The second-order valence-electron chi connectivity index (χ2n) is 4.35. The van der Waals surface area contributed by atoms with Crippen LogP contribution in [-0.4, -0.2) is 12.0 Å². The van der Waals surface area contributed by atoms with Crippen molar-refractivity contribution in [2.24, 2.45) is 0 Å². The number of aromatic nitrogens is 1. The minimum absolute atomic E-state index is 0.0528. The maximum absolute atomic E-state index is 13.2. The number of rotatable bonds is 3. The lowest BCUT2D eigenvalue weighted by Gasteiger charge is -2.11. The summed E-state index contributed by atoms with van der Waals surface area (Å²) in [5.41, 5.74) is 3.49. The van der Waals surface area contributed by atoms with Crippen molar-refractivity contribution < 1.29 is 8.81 Å². The van der Waals surface area contributed by atoms with Gasteiger partial charge in [0, 0.05) is 5.39 Å². The molecule has 0 fully saturated rings. The van der Waals surface area contributed by atoms with Crippen molar-refractivity contribution in [3.63, 3.8) is 0 Å². The van der Waals surface area contributed by atoms with Crippen LogP contribution in [0.2, 0.25) is 0 Å². The molecule has 1 aromatic carbocycles. The Balaban J connectivity index is 2.09. The molecule has 0 saturated carbocycles. The van der Waals surface area contributed by atoms with Gasteiger partial charge in [0.25, 0.3) is 0 Å². The maximum Gasteiger partial charge on any atom is 0.134 e. The highest BCUT2D eigenvalue weighted by Gasteiger charge is 2.20. The number of halogens is 1. The first-order chi connectivity index (χ1) is 9.19. The minimum Gasteiger partial charge on any atom is -0.459 e. The maximum atomic E-state index is 13.2. The van der Waals surface area contributed by atoms with Crippen molar-refractivity contribution in [1.29, 1.82) is 0 Å². The summed E-state index contributed by atoms with van der Waals surface area (Å²) in [5.74, 6) is 0.519. The van der Waals surface area contributed by atoms with Crippen LogP contribution in [0.1, 0.15) is 22.4 Å². The standard InChI is InChI=1S/C14H13FN2OS/c1-8-14(19-7-17-8)13(16-2)12-6-9-5-10(15)3-4-11(9)18-12/h3-7,13,16H,1-2H3. The molecule has 1 N–H and O–H groups in total. The first-order valence-corrected chi connectivity index (χ1v) is 6.83. The molecule has 2 heterocycles. The Morgan fingerprint density at radius 2 is 2.21 bits per heavy atom. The molecular formula is C14H13FN2OS. The second-order valence-corrected chi connectivity index (χ2v) is 5.24. The molecular weight excluding hydrogens is 263 g/mol. The topological polar surface area (TPSA) is 38.1 Å². The number of nitrogens with zero attached hydrogens (tertiary/aromatic N) is 1. The molecule has 2 aromatic heterocycles. The summed E-state index contributed by atoms with van der Waals surface area (Å²) in [4.78, 5) is 5.37. The third kappa shape index (κ3) is 2.15. The Morgan fingerprint density at radius 1 is 1.37 bits per heavy atom. The fourth-order valence-corrected chi connectivity index (χ4v) is 3.09. The Hall–Kier alpha value is -1.72. The third-order valence-electron chi connectivity index (χ3n) is 3.12. The molecule has 0 radical (unpaired) electrons. The lowest BCUT2D eigenvalue weighted by Crippen LogP contribution is -2.16. The zero-order valence-corrected chi connectivity index (χ0v) is 11.4. The van der Waals surface area contributed by atoms with Gasteiger partial charge in [-0.3, -0.25) is 0 Å². The van der Waals surface area contributed by atoms with Crippen LogP contribution < -0.4 is 5.32 Å². The van der Waals surface area contributed by atoms with Gasteiger partial charge in [0.2, 0.25) is 0 Å². The number of furan rings is 1. The quantitative estimate of drug-likeness (QED) is 0.793. The van der Waals surface area contributed by atoms with E-state index in [1.807, 2.05) is 25.5 Å². The zero-order chi connectivity index (χ0) is 13.4. The number of fused-ring (bicyclic) bond motifs is 1. The van der Waals surface area contributed by atoms with E-state index in [4.69, 9.17) is 4.42 Å². The Labute approximate surface area is 114 Å². The van der Waals surface area contributed by atoms with Gasteiger partial charge in [-0.1, -0.05) is 0 Å². The monoisotopic (exact) mass is 276 g/mol. The molecule has 0 spiro atoms. The molecule has 0 saturated heterocycles. The fourth-order valence-electron chi connectivity index (χ4n) is 2.17. The minimum atomic E-state index is -0.255. The van der Waals surface area contributed by atoms with Crippen molar-refractivity contribution >= 4 is 22.3 Å². The van der Waals surface area contributed by atoms with Crippen LogP contribution in [0.25, 0.3) is 11.0 Å². The van der Waals surface area contributed by atoms with E-state index >= 15 is 0 Å². The zero-order valence-electron chi connectivity index (χ0n) is 10.6. The van der Waals surface area contributed by atoms with Crippen LogP contribution in [0.3, 0.4) is 0 Å². The molecule has 0 aliphatic heterocycles. The highest BCUT2D eigenvalue weighted by molar-refractivity contribution is 7.09. The largest absolute Gasteiger partial charge is 0.459 e. The van der Waals surface area contributed by atoms with Gasteiger partial charge in [-0.15, -0.1) is 11.3 Å². The number of aryl methyl sites for hydroxylation is 1. The first-order valence-electron chi connectivity index (χ1n) is 5.95. The van der Waals surface area contributed by atoms with Crippen molar-refractivity contribution in [3.05, 3.63) is 51.9 Å². The molecule has 19 heavy (non-hydrogen) atoms. The highest BCUT2D eigenvalue weighted by atomic mass is 32.1. The van der Waals surface area contributed by atoms with Gasteiger partial charge >= 0.3 is 0 Å². The molecule has 3 aromatic rings. The number of hydrogen-bond acceptors (Lipinski definition) is 4. The second kappa shape index (κ2) is 4.75. The molecule has 1 unspecified atom stereocenters. The summed E-state index contributed by atoms with van der Waals surface area (Å²) < 4.78 is 19.0. The fraction of sp³-hybridized carbons (Fsp3) is 0.214. The smallest absolute Gasteiger partial charge is 0.134 e. The van der Waals surface area contributed by atoms with Crippen LogP contribution in [0.4, 0.5) is 4.39 Å². The van der Waals surface area contributed by atoms with E-state index in [0.717, 1.165) is 21.7 Å². The molecule has 0 amide bonds. The average Bonchev–Trinajstić information content (AvgIpc) is 2.97. The van der Waals surface area contributed by atoms with Crippen molar-refractivity contribution in [2.45, 2.75) is 13.0 Å². The molecule has 0 aliphatic carbocycles. The van der Waals surface area contributed by atoms with E-state index < -0.39 is 0 Å². The van der Waals surface area contributed by atoms with Gasteiger partial charge in [0.1, 0.15) is 23.2 Å². The Bertz CT molecular complexity index is 719.